The van der Waals surface area contributed by atoms with Gasteiger partial charge in [-0.2, -0.15) is 0 Å². The van der Waals surface area contributed by atoms with E-state index < -0.39 is 0 Å². The van der Waals surface area contributed by atoms with Gasteiger partial charge in [0.1, 0.15) is 5.82 Å². The second kappa shape index (κ2) is 6.49. The van der Waals surface area contributed by atoms with Crippen LogP contribution >= 0.6 is 0 Å². The minimum atomic E-state index is 0.0737. The molecule has 1 heterocycles. The molecule has 6 N–H and O–H groups in total. The first kappa shape index (κ1) is 13.8. The van der Waals surface area contributed by atoms with Crippen molar-refractivity contribution >= 4 is 17.4 Å². The number of hydrazine groups is 1. The Bertz CT molecular complexity index is 429. The molecule has 0 aromatic carbocycles. The lowest BCUT2D eigenvalue weighted by atomic mass is 9.81. The van der Waals surface area contributed by atoms with Crippen molar-refractivity contribution in [2.45, 2.75) is 25.7 Å². The highest BCUT2D eigenvalue weighted by atomic mass is 16.1. The molecule has 1 aromatic heterocycles. The molecule has 1 aliphatic rings. The van der Waals surface area contributed by atoms with E-state index in [1.54, 1.807) is 18.3 Å². The van der Waals surface area contributed by atoms with E-state index in [4.69, 9.17) is 11.6 Å². The summed E-state index contributed by atoms with van der Waals surface area (Å²) in [5.41, 5.74) is 8.83. The van der Waals surface area contributed by atoms with E-state index in [2.05, 4.69) is 15.7 Å². The molecule has 0 atom stereocenters. The zero-order chi connectivity index (χ0) is 13.7. The average Bonchev–Trinajstić information content (AvgIpc) is 2.47. The number of nitrogens with two attached hydrogens (primary N) is 2. The topological polar surface area (TPSA) is 106 Å². The molecule has 19 heavy (non-hydrogen) atoms. The van der Waals surface area contributed by atoms with Gasteiger partial charge in [-0.3, -0.25) is 4.79 Å². The van der Waals surface area contributed by atoms with E-state index in [-0.39, 0.29) is 11.8 Å². The lowest BCUT2D eigenvalue weighted by Crippen LogP contribution is -2.29. The first-order chi connectivity index (χ1) is 9.22. The highest BCUT2D eigenvalue weighted by Gasteiger charge is 2.25. The molecule has 0 aliphatic heterocycles. The highest BCUT2D eigenvalue weighted by Crippen LogP contribution is 2.29. The summed E-state index contributed by atoms with van der Waals surface area (Å²) in [4.78, 5) is 16.1. The van der Waals surface area contributed by atoms with Gasteiger partial charge in [0.15, 0.2) is 0 Å². The molecule has 6 heteroatoms. The second-order valence-electron chi connectivity index (χ2n) is 5.02. The Balaban J connectivity index is 1.90. The number of nitrogens with one attached hydrogen (secondary N) is 2. The van der Waals surface area contributed by atoms with Crippen LogP contribution in [0.4, 0.5) is 11.5 Å². The summed E-state index contributed by atoms with van der Waals surface area (Å²) < 4.78 is 0. The van der Waals surface area contributed by atoms with Gasteiger partial charge in [0.2, 0.25) is 5.91 Å². The predicted molar refractivity (Wildman–Crippen MR) is 75.2 cm³/mol. The van der Waals surface area contributed by atoms with Gasteiger partial charge in [-0.1, -0.05) is 0 Å². The number of nitrogens with zero attached hydrogens (tertiary/aromatic N) is 1. The van der Waals surface area contributed by atoms with Gasteiger partial charge >= 0.3 is 0 Å². The van der Waals surface area contributed by atoms with Crippen LogP contribution in [0.3, 0.4) is 0 Å². The van der Waals surface area contributed by atoms with Gasteiger partial charge in [-0.25, -0.2) is 10.8 Å². The van der Waals surface area contributed by atoms with Crippen LogP contribution in [-0.2, 0) is 4.79 Å². The van der Waals surface area contributed by atoms with Gasteiger partial charge in [0.25, 0.3) is 0 Å². The first-order valence-electron chi connectivity index (χ1n) is 6.66. The Morgan fingerprint density at radius 1 is 1.37 bits per heavy atom. The first-order valence-corrected chi connectivity index (χ1v) is 6.66. The summed E-state index contributed by atoms with van der Waals surface area (Å²) in [5, 5.41) is 2.91. The van der Waals surface area contributed by atoms with Crippen LogP contribution in [0.15, 0.2) is 18.3 Å². The number of carbonyl (C=O) groups excluding carboxylic acids is 1. The van der Waals surface area contributed by atoms with Crippen LogP contribution in [0.5, 0.6) is 0 Å². The molecule has 2 rings (SSSR count). The van der Waals surface area contributed by atoms with Crippen molar-refractivity contribution in [1.29, 1.82) is 0 Å². The molecular formula is C13H21N5O. The third-order valence-corrected chi connectivity index (χ3v) is 3.73. The maximum Gasteiger partial charge on any atom is 0.227 e. The standard InChI is InChI=1S/C13H21N5O/c14-8-9-1-3-10(4-2-9)13(19)17-11-5-6-16-12(7-11)18-15/h5-7,9-10H,1-4,8,14-15H2,(H2,16,17,18,19). The van der Waals surface area contributed by atoms with Gasteiger partial charge in [-0.15, -0.1) is 0 Å². The Labute approximate surface area is 112 Å². The van der Waals surface area contributed by atoms with Crippen molar-refractivity contribution < 1.29 is 4.79 Å². The van der Waals surface area contributed by atoms with Crippen LogP contribution in [0, 0.1) is 11.8 Å². The maximum atomic E-state index is 12.1. The number of aromatic nitrogens is 1. The fourth-order valence-corrected chi connectivity index (χ4v) is 2.49. The predicted octanol–water partition coefficient (Wildman–Crippen LogP) is 1.07. The zero-order valence-corrected chi connectivity index (χ0v) is 10.9. The molecule has 6 nitrogen and oxygen atoms in total. The number of carbonyl (C=O) groups is 1. The average molecular weight is 263 g/mol. The van der Waals surface area contributed by atoms with E-state index in [0.717, 1.165) is 32.2 Å². The molecule has 0 spiro atoms. The maximum absolute atomic E-state index is 12.1. The number of hydrogen-bond acceptors (Lipinski definition) is 5. The third-order valence-electron chi connectivity index (χ3n) is 3.73. The number of amides is 1. The number of anilines is 2. The molecule has 1 aliphatic carbocycles. The quantitative estimate of drug-likeness (QED) is 0.480. The lowest BCUT2D eigenvalue weighted by Gasteiger charge is -2.26. The Hall–Kier alpha value is -1.66. The molecule has 0 saturated heterocycles. The highest BCUT2D eigenvalue weighted by molar-refractivity contribution is 5.92. The van der Waals surface area contributed by atoms with Crippen molar-refractivity contribution in [3.8, 4) is 0 Å². The van der Waals surface area contributed by atoms with Crippen molar-refractivity contribution in [3.05, 3.63) is 18.3 Å². The van der Waals surface area contributed by atoms with E-state index >= 15 is 0 Å². The van der Waals surface area contributed by atoms with Crippen LogP contribution in [0.1, 0.15) is 25.7 Å². The summed E-state index contributed by atoms with van der Waals surface area (Å²) in [6.45, 7) is 0.726. The molecule has 1 fully saturated rings. The normalized spacial score (nSPS) is 22.8. The molecule has 1 saturated carbocycles. The molecular weight excluding hydrogens is 242 g/mol. The Morgan fingerprint density at radius 3 is 2.74 bits per heavy atom. The number of nitrogen functional groups attached to an aromatic ring is 1. The molecule has 0 radical (unpaired) electrons. The molecule has 0 bridgehead atoms. The van der Waals surface area contributed by atoms with E-state index in [9.17, 15) is 4.79 Å². The van der Waals surface area contributed by atoms with Gasteiger partial charge in [0, 0.05) is 23.9 Å². The summed E-state index contributed by atoms with van der Waals surface area (Å²) in [5.74, 6) is 6.56. The van der Waals surface area contributed by atoms with Crippen molar-refractivity contribution in [2.24, 2.45) is 23.4 Å². The summed E-state index contributed by atoms with van der Waals surface area (Å²) in [7, 11) is 0. The van der Waals surface area contributed by atoms with Crippen LogP contribution in [-0.4, -0.2) is 17.4 Å². The van der Waals surface area contributed by atoms with Crippen LogP contribution in [0.2, 0.25) is 0 Å². The minimum absolute atomic E-state index is 0.0737. The van der Waals surface area contributed by atoms with E-state index in [0.29, 0.717) is 17.4 Å². The van der Waals surface area contributed by atoms with Gasteiger partial charge < -0.3 is 16.5 Å². The zero-order valence-electron chi connectivity index (χ0n) is 10.9. The SMILES string of the molecule is NCC1CCC(C(=O)Nc2ccnc(NN)c2)CC1. The molecule has 104 valence electrons. The van der Waals surface area contributed by atoms with E-state index in [1.807, 2.05) is 0 Å². The van der Waals surface area contributed by atoms with Crippen molar-refractivity contribution in [2.75, 3.05) is 17.3 Å². The summed E-state index contributed by atoms with van der Waals surface area (Å²) in [6.07, 6.45) is 5.53. The van der Waals surface area contributed by atoms with Gasteiger partial charge in [-0.05, 0) is 44.2 Å². The summed E-state index contributed by atoms with van der Waals surface area (Å²) in [6, 6.07) is 3.47. The minimum Gasteiger partial charge on any atom is -0.330 e. The van der Waals surface area contributed by atoms with Gasteiger partial charge in [0.05, 0.1) is 0 Å². The molecule has 0 unspecified atom stereocenters. The fourth-order valence-electron chi connectivity index (χ4n) is 2.49. The smallest absolute Gasteiger partial charge is 0.227 e. The summed E-state index contributed by atoms with van der Waals surface area (Å²) >= 11 is 0. The largest absolute Gasteiger partial charge is 0.330 e. The number of pyridine rings is 1. The Morgan fingerprint density at radius 2 is 2.11 bits per heavy atom. The number of rotatable bonds is 4. The van der Waals surface area contributed by atoms with Crippen molar-refractivity contribution in [3.63, 3.8) is 0 Å². The van der Waals surface area contributed by atoms with Crippen LogP contribution in [0.25, 0.3) is 0 Å². The number of hydrogen-bond donors (Lipinski definition) is 4. The van der Waals surface area contributed by atoms with Crippen molar-refractivity contribution in [1.82, 2.24) is 4.98 Å². The lowest BCUT2D eigenvalue weighted by molar-refractivity contribution is -0.121. The Kier molecular flexibility index (Phi) is 4.70. The third kappa shape index (κ3) is 3.65. The second-order valence-corrected chi connectivity index (χ2v) is 5.02. The fraction of sp³-hybridized carbons (Fsp3) is 0.538. The monoisotopic (exact) mass is 263 g/mol. The molecule has 1 amide bonds. The van der Waals surface area contributed by atoms with E-state index in [1.165, 1.54) is 0 Å². The van der Waals surface area contributed by atoms with Crippen LogP contribution < -0.4 is 22.3 Å². The molecule has 1 aromatic rings.